The van der Waals surface area contributed by atoms with Crippen molar-refractivity contribution in [2.75, 3.05) is 6.61 Å². The highest BCUT2D eigenvalue weighted by Gasteiger charge is 2.22. The third kappa shape index (κ3) is 4.26. The highest BCUT2D eigenvalue weighted by Crippen LogP contribution is 2.31. The SMILES string of the molecule is O=c1cc(-c2ccoc2)c2ccc(OCc3cccc(C4CC(O)CCO4)c3)cc2o1. The van der Waals surface area contributed by atoms with Gasteiger partial charge in [0.1, 0.15) is 17.9 Å². The average Bonchev–Trinajstić information content (AvgIpc) is 3.32. The predicted octanol–water partition coefficient (Wildman–Crippen LogP) is 4.84. The molecular formula is C25H22O6. The molecule has 1 fully saturated rings. The normalized spacial score (nSPS) is 18.9. The van der Waals surface area contributed by atoms with Crippen molar-refractivity contribution in [1.82, 2.24) is 0 Å². The number of fused-ring (bicyclic) bond motifs is 1. The Hall–Kier alpha value is -3.35. The van der Waals surface area contributed by atoms with Crippen molar-refractivity contribution in [3.63, 3.8) is 0 Å². The van der Waals surface area contributed by atoms with Crippen LogP contribution < -0.4 is 10.4 Å². The summed E-state index contributed by atoms with van der Waals surface area (Å²) in [6.07, 6.45) is 4.03. The van der Waals surface area contributed by atoms with E-state index in [2.05, 4.69) is 0 Å². The van der Waals surface area contributed by atoms with E-state index in [-0.39, 0.29) is 12.2 Å². The molecule has 1 N–H and O–H groups in total. The van der Waals surface area contributed by atoms with Gasteiger partial charge < -0.3 is 23.4 Å². The molecule has 0 amide bonds. The van der Waals surface area contributed by atoms with Crippen molar-refractivity contribution >= 4 is 11.0 Å². The molecule has 0 spiro atoms. The Morgan fingerprint density at radius 1 is 1.10 bits per heavy atom. The van der Waals surface area contributed by atoms with E-state index in [1.54, 1.807) is 24.7 Å². The maximum Gasteiger partial charge on any atom is 0.336 e. The Balaban J connectivity index is 1.36. The number of aliphatic hydroxyl groups is 1. The van der Waals surface area contributed by atoms with Crippen molar-refractivity contribution in [3.05, 3.63) is 88.7 Å². The summed E-state index contributed by atoms with van der Waals surface area (Å²) in [7, 11) is 0. The van der Waals surface area contributed by atoms with Crippen LogP contribution in [0.3, 0.4) is 0 Å². The second kappa shape index (κ2) is 8.41. The fourth-order valence-electron chi connectivity index (χ4n) is 3.95. The topological polar surface area (TPSA) is 82.0 Å². The van der Waals surface area contributed by atoms with E-state index in [0.29, 0.717) is 37.4 Å². The molecule has 158 valence electrons. The lowest BCUT2D eigenvalue weighted by molar-refractivity contribution is -0.0448. The van der Waals surface area contributed by atoms with Gasteiger partial charge in [0.25, 0.3) is 0 Å². The van der Waals surface area contributed by atoms with E-state index in [1.807, 2.05) is 36.4 Å². The number of ether oxygens (including phenoxy) is 2. The molecule has 2 unspecified atom stereocenters. The van der Waals surface area contributed by atoms with Crippen LogP contribution in [0, 0.1) is 0 Å². The summed E-state index contributed by atoms with van der Waals surface area (Å²) >= 11 is 0. The number of furan rings is 1. The van der Waals surface area contributed by atoms with Gasteiger partial charge in [-0.3, -0.25) is 0 Å². The summed E-state index contributed by atoms with van der Waals surface area (Å²) < 4.78 is 22.3. The van der Waals surface area contributed by atoms with Crippen LogP contribution in [0.5, 0.6) is 5.75 Å². The molecule has 6 heteroatoms. The first-order valence-electron chi connectivity index (χ1n) is 10.3. The molecule has 1 aliphatic heterocycles. The summed E-state index contributed by atoms with van der Waals surface area (Å²) in [6, 6.07) is 16.7. The van der Waals surface area contributed by atoms with Gasteiger partial charge in [0.05, 0.1) is 24.7 Å². The molecule has 2 atom stereocenters. The Morgan fingerprint density at radius 2 is 2.03 bits per heavy atom. The Bertz CT molecular complexity index is 1240. The van der Waals surface area contributed by atoms with Crippen LogP contribution in [-0.4, -0.2) is 17.8 Å². The minimum absolute atomic E-state index is 0.0972. The van der Waals surface area contributed by atoms with Gasteiger partial charge in [-0.25, -0.2) is 4.79 Å². The fraction of sp³-hybridized carbons (Fsp3) is 0.240. The van der Waals surface area contributed by atoms with Crippen molar-refractivity contribution in [2.24, 2.45) is 0 Å². The quantitative estimate of drug-likeness (QED) is 0.467. The number of rotatable bonds is 5. The van der Waals surface area contributed by atoms with Crippen molar-refractivity contribution in [3.8, 4) is 16.9 Å². The number of hydrogen-bond donors (Lipinski definition) is 1. The number of aliphatic hydroxyl groups excluding tert-OH is 1. The van der Waals surface area contributed by atoms with Crippen molar-refractivity contribution in [2.45, 2.75) is 31.7 Å². The third-order valence-electron chi connectivity index (χ3n) is 5.53. The first-order valence-corrected chi connectivity index (χ1v) is 10.3. The van der Waals surface area contributed by atoms with Crippen molar-refractivity contribution < 1.29 is 23.4 Å². The molecule has 3 heterocycles. The van der Waals surface area contributed by atoms with Crippen LogP contribution in [-0.2, 0) is 11.3 Å². The molecule has 5 rings (SSSR count). The highest BCUT2D eigenvalue weighted by molar-refractivity contribution is 5.93. The molecule has 0 bridgehead atoms. The van der Waals surface area contributed by atoms with Crippen LogP contribution in [0.25, 0.3) is 22.1 Å². The Morgan fingerprint density at radius 3 is 2.87 bits per heavy atom. The molecule has 2 aromatic carbocycles. The van der Waals surface area contributed by atoms with Crippen LogP contribution in [0.1, 0.15) is 30.1 Å². The monoisotopic (exact) mass is 418 g/mol. The molecule has 0 aliphatic carbocycles. The third-order valence-corrected chi connectivity index (χ3v) is 5.53. The number of hydrogen-bond acceptors (Lipinski definition) is 6. The van der Waals surface area contributed by atoms with E-state index >= 15 is 0 Å². The van der Waals surface area contributed by atoms with Crippen LogP contribution in [0.4, 0.5) is 0 Å². The Labute approximate surface area is 178 Å². The smallest absolute Gasteiger partial charge is 0.336 e. The zero-order chi connectivity index (χ0) is 21.2. The summed E-state index contributed by atoms with van der Waals surface area (Å²) in [6.45, 7) is 0.927. The first-order chi connectivity index (χ1) is 15.2. The maximum atomic E-state index is 12.0. The van der Waals surface area contributed by atoms with Gasteiger partial charge in [-0.15, -0.1) is 0 Å². The summed E-state index contributed by atoms with van der Waals surface area (Å²) in [5, 5.41) is 10.7. The van der Waals surface area contributed by atoms with Crippen LogP contribution in [0.2, 0.25) is 0 Å². The van der Waals surface area contributed by atoms with Gasteiger partial charge in [0.15, 0.2) is 0 Å². The van der Waals surface area contributed by atoms with E-state index in [0.717, 1.165) is 27.6 Å². The lowest BCUT2D eigenvalue weighted by atomic mass is 9.98. The second-order valence-electron chi connectivity index (χ2n) is 7.72. The van der Waals surface area contributed by atoms with Gasteiger partial charge in [-0.2, -0.15) is 0 Å². The Kier molecular flexibility index (Phi) is 5.32. The molecular weight excluding hydrogens is 396 g/mol. The first kappa shape index (κ1) is 19.6. The predicted molar refractivity (Wildman–Crippen MR) is 115 cm³/mol. The zero-order valence-electron chi connectivity index (χ0n) is 16.8. The minimum atomic E-state index is -0.428. The molecule has 31 heavy (non-hydrogen) atoms. The zero-order valence-corrected chi connectivity index (χ0v) is 16.8. The van der Waals surface area contributed by atoms with Crippen LogP contribution in [0.15, 0.2) is 80.8 Å². The van der Waals surface area contributed by atoms with E-state index in [1.165, 1.54) is 6.07 Å². The van der Waals surface area contributed by atoms with Gasteiger partial charge >= 0.3 is 5.63 Å². The van der Waals surface area contributed by atoms with Gasteiger partial charge in [-0.1, -0.05) is 18.2 Å². The van der Waals surface area contributed by atoms with E-state index < -0.39 is 5.63 Å². The van der Waals surface area contributed by atoms with Crippen molar-refractivity contribution in [1.29, 1.82) is 0 Å². The highest BCUT2D eigenvalue weighted by atomic mass is 16.5. The van der Waals surface area contributed by atoms with E-state index in [9.17, 15) is 9.90 Å². The average molecular weight is 418 g/mol. The standard InChI is InChI=1S/C25H22O6/c26-19-7-9-29-23(11-19)17-3-1-2-16(10-17)14-30-20-4-5-21-22(18-6-8-28-15-18)13-25(27)31-24(21)12-20/h1-6,8,10,12-13,15,19,23,26H,7,9,11,14H2. The van der Waals surface area contributed by atoms with Gasteiger partial charge in [-0.05, 0) is 41.8 Å². The molecule has 0 radical (unpaired) electrons. The van der Waals surface area contributed by atoms with Gasteiger partial charge in [0.2, 0.25) is 0 Å². The van der Waals surface area contributed by atoms with Gasteiger partial charge in [0, 0.05) is 41.7 Å². The number of benzene rings is 2. The summed E-state index contributed by atoms with van der Waals surface area (Å²) in [5.41, 5.74) is 3.64. The second-order valence-corrected chi connectivity index (χ2v) is 7.72. The lowest BCUT2D eigenvalue weighted by Gasteiger charge is -2.27. The molecule has 0 saturated carbocycles. The van der Waals surface area contributed by atoms with Crippen LogP contribution >= 0.6 is 0 Å². The minimum Gasteiger partial charge on any atom is -0.489 e. The molecule has 1 saturated heterocycles. The molecule has 4 aromatic rings. The molecule has 2 aromatic heterocycles. The molecule has 1 aliphatic rings. The fourth-order valence-corrected chi connectivity index (χ4v) is 3.95. The lowest BCUT2D eigenvalue weighted by Crippen LogP contribution is -2.23. The van der Waals surface area contributed by atoms with E-state index in [4.69, 9.17) is 18.3 Å². The molecule has 6 nitrogen and oxygen atoms in total. The maximum absolute atomic E-state index is 12.0. The summed E-state index contributed by atoms with van der Waals surface area (Å²) in [5.74, 6) is 0.606. The largest absolute Gasteiger partial charge is 0.489 e. The summed E-state index contributed by atoms with van der Waals surface area (Å²) in [4.78, 5) is 12.0.